The van der Waals surface area contributed by atoms with E-state index in [1.807, 2.05) is 0 Å². The Hall–Kier alpha value is -3.44. The molecule has 0 bridgehead atoms. The minimum absolute atomic E-state index is 0.00887. The fourth-order valence-corrected chi connectivity index (χ4v) is 4.59. The number of amides is 1. The number of carbonyl (C=O) groups excluding carboxylic acids is 1. The highest BCUT2D eigenvalue weighted by Gasteiger charge is 2.37. The Labute approximate surface area is 166 Å². The Balaban J connectivity index is 2.06. The average Bonchev–Trinajstić information content (AvgIpc) is 3.16. The Morgan fingerprint density at radius 2 is 2.00 bits per heavy atom. The van der Waals surface area contributed by atoms with E-state index in [0.29, 0.717) is 16.9 Å². The zero-order valence-corrected chi connectivity index (χ0v) is 16.0. The molecule has 0 aliphatic carbocycles. The first-order chi connectivity index (χ1) is 13.8. The van der Waals surface area contributed by atoms with Gasteiger partial charge in [0, 0.05) is 18.7 Å². The van der Waals surface area contributed by atoms with Crippen molar-refractivity contribution in [3.63, 3.8) is 0 Å². The Morgan fingerprint density at radius 1 is 1.31 bits per heavy atom. The SMILES string of the molecule is COc1ccc(S(=O)(=O)N2CCc3cc(/C=C/C(=O)NO)cc([N+](=O)[O-])c32)cc1. The second kappa shape index (κ2) is 7.89. The molecule has 1 aliphatic rings. The van der Waals surface area contributed by atoms with Gasteiger partial charge in [-0.2, -0.15) is 0 Å². The number of rotatable bonds is 6. The van der Waals surface area contributed by atoms with Gasteiger partial charge in [0.15, 0.2) is 0 Å². The van der Waals surface area contributed by atoms with Gasteiger partial charge in [0.1, 0.15) is 11.4 Å². The summed E-state index contributed by atoms with van der Waals surface area (Å²) in [5, 5.41) is 20.2. The number of methoxy groups -OCH3 is 1. The van der Waals surface area contributed by atoms with Gasteiger partial charge in [-0.05, 0) is 54.0 Å². The van der Waals surface area contributed by atoms with Gasteiger partial charge >= 0.3 is 0 Å². The van der Waals surface area contributed by atoms with Crippen molar-refractivity contribution < 1.29 is 28.1 Å². The van der Waals surface area contributed by atoms with Crippen LogP contribution < -0.4 is 14.5 Å². The van der Waals surface area contributed by atoms with Gasteiger partial charge in [-0.3, -0.25) is 24.4 Å². The predicted octanol–water partition coefficient (Wildman–Crippen LogP) is 1.87. The number of ether oxygens (including phenoxy) is 1. The van der Waals surface area contributed by atoms with E-state index in [9.17, 15) is 23.3 Å². The van der Waals surface area contributed by atoms with E-state index in [1.165, 1.54) is 49.0 Å². The molecule has 3 rings (SSSR count). The van der Waals surface area contributed by atoms with Crippen molar-refractivity contribution in [1.29, 1.82) is 0 Å². The number of hydrogen-bond acceptors (Lipinski definition) is 7. The minimum Gasteiger partial charge on any atom is -0.497 e. The molecule has 1 aliphatic heterocycles. The number of benzene rings is 2. The van der Waals surface area contributed by atoms with E-state index in [-0.39, 0.29) is 29.2 Å². The van der Waals surface area contributed by atoms with Gasteiger partial charge < -0.3 is 4.74 Å². The number of nitrogens with one attached hydrogen (secondary N) is 1. The van der Waals surface area contributed by atoms with Crippen molar-refractivity contribution in [2.24, 2.45) is 0 Å². The lowest BCUT2D eigenvalue weighted by molar-refractivity contribution is -0.384. The van der Waals surface area contributed by atoms with E-state index in [4.69, 9.17) is 9.94 Å². The highest BCUT2D eigenvalue weighted by Crippen LogP contribution is 2.41. The summed E-state index contributed by atoms with van der Waals surface area (Å²) in [6, 6.07) is 8.51. The van der Waals surface area contributed by atoms with Crippen LogP contribution in [-0.4, -0.2) is 38.1 Å². The van der Waals surface area contributed by atoms with Crippen molar-refractivity contribution >= 4 is 33.4 Å². The van der Waals surface area contributed by atoms with E-state index >= 15 is 0 Å². The predicted molar refractivity (Wildman–Crippen MR) is 103 cm³/mol. The van der Waals surface area contributed by atoms with E-state index < -0.39 is 20.9 Å². The third-order valence-corrected chi connectivity index (χ3v) is 6.22. The molecule has 0 radical (unpaired) electrons. The van der Waals surface area contributed by atoms with Crippen molar-refractivity contribution in [3.8, 4) is 5.75 Å². The number of hydrogen-bond donors (Lipinski definition) is 2. The summed E-state index contributed by atoms with van der Waals surface area (Å²) in [6.07, 6.45) is 2.57. The smallest absolute Gasteiger partial charge is 0.294 e. The number of carbonyl (C=O) groups is 1. The monoisotopic (exact) mass is 419 g/mol. The average molecular weight is 419 g/mol. The number of anilines is 1. The number of fused-ring (bicyclic) bond motifs is 1. The van der Waals surface area contributed by atoms with E-state index in [1.54, 1.807) is 6.07 Å². The normalized spacial score (nSPS) is 13.4. The lowest BCUT2D eigenvalue weighted by Gasteiger charge is -2.19. The van der Waals surface area contributed by atoms with Gasteiger partial charge in [-0.1, -0.05) is 0 Å². The fourth-order valence-electron chi connectivity index (χ4n) is 3.07. The van der Waals surface area contributed by atoms with Gasteiger partial charge in [-0.25, -0.2) is 13.9 Å². The van der Waals surface area contributed by atoms with Crippen molar-refractivity contribution in [2.75, 3.05) is 18.0 Å². The van der Waals surface area contributed by atoms with Crippen LogP contribution in [0.2, 0.25) is 0 Å². The summed E-state index contributed by atoms with van der Waals surface area (Å²) in [6.45, 7) is 0.0504. The summed E-state index contributed by atoms with van der Waals surface area (Å²) in [5.41, 5.74) is 1.85. The number of hydroxylamine groups is 1. The molecule has 1 heterocycles. The molecule has 0 saturated heterocycles. The largest absolute Gasteiger partial charge is 0.497 e. The number of nitro benzene ring substituents is 1. The Bertz CT molecular complexity index is 1100. The van der Waals surface area contributed by atoms with Crippen molar-refractivity contribution in [1.82, 2.24) is 5.48 Å². The third kappa shape index (κ3) is 3.91. The maximum absolute atomic E-state index is 13.1. The zero-order chi connectivity index (χ0) is 21.2. The molecule has 2 N–H and O–H groups in total. The van der Waals surface area contributed by atoms with Crippen LogP contribution in [0.3, 0.4) is 0 Å². The number of nitro groups is 1. The second-order valence-electron chi connectivity index (χ2n) is 6.12. The van der Waals surface area contributed by atoms with Crippen LogP contribution in [-0.2, 0) is 21.2 Å². The lowest BCUT2D eigenvalue weighted by Crippen LogP contribution is -2.29. The second-order valence-corrected chi connectivity index (χ2v) is 7.98. The quantitative estimate of drug-likeness (QED) is 0.315. The molecular weight excluding hydrogens is 402 g/mol. The molecule has 29 heavy (non-hydrogen) atoms. The summed E-state index contributed by atoms with van der Waals surface area (Å²) in [5.74, 6) is -0.308. The van der Waals surface area contributed by atoms with Crippen LogP contribution >= 0.6 is 0 Å². The van der Waals surface area contributed by atoms with E-state index in [2.05, 4.69) is 0 Å². The molecule has 2 aromatic carbocycles. The highest BCUT2D eigenvalue weighted by atomic mass is 32.2. The lowest BCUT2D eigenvalue weighted by atomic mass is 10.1. The molecule has 0 spiro atoms. The van der Waals surface area contributed by atoms with Crippen molar-refractivity contribution in [2.45, 2.75) is 11.3 Å². The number of sulfonamides is 1. The number of nitrogens with zero attached hydrogens (tertiary/aromatic N) is 2. The third-order valence-electron chi connectivity index (χ3n) is 4.41. The van der Waals surface area contributed by atoms with Crippen LogP contribution in [0, 0.1) is 10.1 Å². The van der Waals surface area contributed by atoms with Gasteiger partial charge in [0.05, 0.1) is 16.9 Å². The molecule has 10 nitrogen and oxygen atoms in total. The molecule has 0 unspecified atom stereocenters. The van der Waals surface area contributed by atoms with Gasteiger partial charge in [-0.15, -0.1) is 0 Å². The fraction of sp³-hybridized carbons (Fsp3) is 0.167. The standard InChI is InChI=1S/C18H17N3O7S/c1-28-14-3-5-15(6-4-14)29(26,27)20-9-8-13-10-12(2-7-17(22)19-23)11-16(18(13)20)21(24)25/h2-7,10-11,23H,8-9H2,1H3,(H,19,22)/b7-2+. The molecule has 2 aromatic rings. The first-order valence-corrected chi connectivity index (χ1v) is 9.82. The first-order valence-electron chi connectivity index (χ1n) is 8.38. The molecule has 0 aromatic heterocycles. The molecular formula is C18H17N3O7S. The van der Waals surface area contributed by atoms with Crippen LogP contribution in [0.25, 0.3) is 6.08 Å². The zero-order valence-electron chi connectivity index (χ0n) is 15.2. The molecule has 0 atom stereocenters. The first kappa shape index (κ1) is 20.3. The van der Waals surface area contributed by atoms with Crippen LogP contribution in [0.4, 0.5) is 11.4 Å². The van der Waals surface area contributed by atoms with Gasteiger partial charge in [0.2, 0.25) is 0 Å². The highest BCUT2D eigenvalue weighted by molar-refractivity contribution is 7.92. The topological polar surface area (TPSA) is 139 Å². The Kier molecular flexibility index (Phi) is 5.52. The van der Waals surface area contributed by atoms with E-state index in [0.717, 1.165) is 10.4 Å². The molecule has 0 saturated carbocycles. The van der Waals surface area contributed by atoms with Crippen LogP contribution in [0.15, 0.2) is 47.4 Å². The van der Waals surface area contributed by atoms with Crippen LogP contribution in [0.1, 0.15) is 11.1 Å². The van der Waals surface area contributed by atoms with Gasteiger partial charge in [0.25, 0.3) is 21.6 Å². The molecule has 152 valence electrons. The maximum Gasteiger partial charge on any atom is 0.294 e. The summed E-state index contributed by atoms with van der Waals surface area (Å²) in [4.78, 5) is 22.1. The maximum atomic E-state index is 13.1. The minimum atomic E-state index is -4.02. The Morgan fingerprint density at radius 3 is 2.59 bits per heavy atom. The summed E-state index contributed by atoms with van der Waals surface area (Å²) >= 11 is 0. The molecule has 1 amide bonds. The summed E-state index contributed by atoms with van der Waals surface area (Å²) < 4.78 is 32.2. The molecule has 0 fully saturated rings. The van der Waals surface area contributed by atoms with Crippen LogP contribution in [0.5, 0.6) is 5.75 Å². The molecule has 11 heteroatoms. The summed E-state index contributed by atoms with van der Waals surface area (Å²) in [7, 11) is -2.56. The van der Waals surface area contributed by atoms with Crippen molar-refractivity contribution in [3.05, 3.63) is 63.7 Å².